The minimum atomic E-state index is -0.991. The van der Waals surface area contributed by atoms with E-state index in [0.29, 0.717) is 11.4 Å². The predicted molar refractivity (Wildman–Crippen MR) is 143 cm³/mol. The molecule has 3 aromatic carbocycles. The monoisotopic (exact) mass is 505 g/mol. The quantitative estimate of drug-likeness (QED) is 0.254. The molecule has 0 aliphatic heterocycles. The first kappa shape index (κ1) is 26.4. The van der Waals surface area contributed by atoms with Crippen LogP contribution in [-0.4, -0.2) is 47.2 Å². The highest BCUT2D eigenvalue weighted by Gasteiger charge is 2.22. The van der Waals surface area contributed by atoms with Gasteiger partial charge >= 0.3 is 11.9 Å². The smallest absolute Gasteiger partial charge is 0.324 e. The molecule has 3 rings (SSSR count). The van der Waals surface area contributed by atoms with Gasteiger partial charge in [0.15, 0.2) is 0 Å². The second-order valence-corrected chi connectivity index (χ2v) is 9.25. The van der Waals surface area contributed by atoms with Gasteiger partial charge in [0, 0.05) is 40.0 Å². The van der Waals surface area contributed by atoms with Gasteiger partial charge in [0.2, 0.25) is 5.91 Å². The summed E-state index contributed by atoms with van der Waals surface area (Å²) >= 11 is 1.27. The fraction of sp³-hybridized carbons (Fsp3) is 0.222. The van der Waals surface area contributed by atoms with Crippen molar-refractivity contribution in [1.29, 1.82) is 0 Å². The van der Waals surface area contributed by atoms with Crippen LogP contribution >= 0.6 is 11.9 Å². The summed E-state index contributed by atoms with van der Waals surface area (Å²) in [6, 6.07) is 18.0. The third-order valence-corrected chi connectivity index (χ3v) is 6.42. The highest BCUT2D eigenvalue weighted by molar-refractivity contribution is 8.00. The molecule has 186 valence electrons. The van der Waals surface area contributed by atoms with Crippen LogP contribution in [0.1, 0.15) is 20.3 Å². The van der Waals surface area contributed by atoms with Crippen LogP contribution in [0, 0.1) is 12.3 Å². The van der Waals surface area contributed by atoms with E-state index in [9.17, 15) is 24.6 Å². The number of carbonyl (C=O) groups is 3. The zero-order valence-corrected chi connectivity index (χ0v) is 20.8. The molecular formula is C27H27N3O5S. The summed E-state index contributed by atoms with van der Waals surface area (Å²) in [6.45, 7) is 3.21. The lowest BCUT2D eigenvalue weighted by Crippen LogP contribution is -2.35. The van der Waals surface area contributed by atoms with Crippen LogP contribution in [0.3, 0.4) is 0 Å². The number of carbonyl (C=O) groups excluding carboxylic acids is 1. The van der Waals surface area contributed by atoms with E-state index >= 15 is 0 Å². The Hall–Kier alpha value is -4.16. The van der Waals surface area contributed by atoms with Crippen molar-refractivity contribution in [2.75, 3.05) is 27.6 Å². The van der Waals surface area contributed by atoms with E-state index < -0.39 is 11.9 Å². The topological polar surface area (TPSA) is 110 Å². The Morgan fingerprint density at radius 2 is 1.58 bits per heavy atom. The van der Waals surface area contributed by atoms with Crippen LogP contribution < -0.4 is 14.5 Å². The van der Waals surface area contributed by atoms with Crippen LogP contribution in [-0.2, 0) is 14.4 Å². The van der Waals surface area contributed by atoms with Crippen molar-refractivity contribution >= 4 is 57.6 Å². The summed E-state index contributed by atoms with van der Waals surface area (Å²) in [5.74, 6) is 0.528. The zero-order valence-electron chi connectivity index (χ0n) is 20.0. The van der Waals surface area contributed by atoms with E-state index in [1.165, 1.54) is 18.9 Å². The first-order chi connectivity index (χ1) is 17.2. The van der Waals surface area contributed by atoms with Gasteiger partial charge in [0.05, 0.1) is 18.7 Å². The lowest BCUT2D eigenvalue weighted by molar-refractivity contribution is -0.137. The lowest BCUT2D eigenvalue weighted by atomic mass is 10.0. The van der Waals surface area contributed by atoms with Crippen LogP contribution in [0.4, 0.5) is 17.1 Å². The van der Waals surface area contributed by atoms with Crippen molar-refractivity contribution in [3.63, 3.8) is 0 Å². The van der Waals surface area contributed by atoms with E-state index in [-0.39, 0.29) is 31.5 Å². The number of hydrogen-bond acceptors (Lipinski definition) is 6. The average molecular weight is 506 g/mol. The maximum absolute atomic E-state index is 11.7. The Kier molecular flexibility index (Phi) is 8.81. The fourth-order valence-electron chi connectivity index (χ4n) is 3.89. The first-order valence-electron chi connectivity index (χ1n) is 11.2. The molecule has 8 nitrogen and oxygen atoms in total. The number of anilines is 3. The molecule has 1 atom stereocenters. The Bertz CT molecular complexity index is 1300. The maximum Gasteiger partial charge on any atom is 0.324 e. The van der Waals surface area contributed by atoms with Gasteiger partial charge in [-0.05, 0) is 55.3 Å². The normalized spacial score (nSPS) is 11.4. The molecule has 0 radical (unpaired) electrons. The predicted octanol–water partition coefficient (Wildman–Crippen LogP) is 4.70. The van der Waals surface area contributed by atoms with Crippen molar-refractivity contribution in [2.45, 2.75) is 31.2 Å². The Morgan fingerprint density at radius 1 is 0.972 bits per heavy atom. The maximum atomic E-state index is 11.7. The van der Waals surface area contributed by atoms with Gasteiger partial charge in [-0.25, -0.2) is 0 Å². The molecule has 3 aromatic rings. The number of nitrogens with one attached hydrogen (secondary N) is 1. The molecule has 0 aromatic heterocycles. The van der Waals surface area contributed by atoms with Crippen molar-refractivity contribution in [3.8, 4) is 12.3 Å². The lowest BCUT2D eigenvalue weighted by Gasteiger charge is -2.31. The first-order valence-corrected chi connectivity index (χ1v) is 12.0. The van der Waals surface area contributed by atoms with E-state index in [1.54, 1.807) is 16.4 Å². The van der Waals surface area contributed by atoms with Crippen molar-refractivity contribution in [3.05, 3.63) is 60.7 Å². The fourth-order valence-corrected chi connectivity index (χ4v) is 4.84. The highest BCUT2D eigenvalue weighted by Crippen LogP contribution is 2.39. The molecule has 1 unspecified atom stereocenters. The molecule has 0 aliphatic carbocycles. The van der Waals surface area contributed by atoms with Gasteiger partial charge in [-0.2, -0.15) is 0 Å². The number of fused-ring (bicyclic) bond motifs is 1. The van der Waals surface area contributed by atoms with Crippen molar-refractivity contribution in [2.24, 2.45) is 0 Å². The van der Waals surface area contributed by atoms with Crippen LogP contribution in [0.15, 0.2) is 65.6 Å². The highest BCUT2D eigenvalue weighted by atomic mass is 32.2. The van der Waals surface area contributed by atoms with Gasteiger partial charge in [0.25, 0.3) is 0 Å². The van der Waals surface area contributed by atoms with Gasteiger partial charge in [-0.15, -0.1) is 6.42 Å². The summed E-state index contributed by atoms with van der Waals surface area (Å²) < 4.78 is 1.69. The van der Waals surface area contributed by atoms with Gasteiger partial charge < -0.3 is 24.7 Å². The molecule has 0 saturated carbocycles. The molecule has 0 fully saturated rings. The third-order valence-electron chi connectivity index (χ3n) is 5.39. The number of benzene rings is 3. The zero-order chi connectivity index (χ0) is 26.2. The largest absolute Gasteiger partial charge is 0.481 e. The van der Waals surface area contributed by atoms with Crippen molar-refractivity contribution < 1.29 is 24.6 Å². The minimum absolute atomic E-state index is 0.0762. The summed E-state index contributed by atoms with van der Waals surface area (Å²) in [4.78, 5) is 37.0. The molecule has 0 aliphatic rings. The molecule has 0 heterocycles. The number of carboxylic acids is 2. The van der Waals surface area contributed by atoms with E-state index in [2.05, 4.69) is 11.2 Å². The second kappa shape index (κ2) is 12.0. The van der Waals surface area contributed by atoms with Gasteiger partial charge in [0.1, 0.15) is 6.54 Å². The number of carboxylic acid groups (broad SMARTS) is 2. The van der Waals surface area contributed by atoms with Crippen LogP contribution in [0.2, 0.25) is 0 Å². The molecule has 0 saturated heterocycles. The summed E-state index contributed by atoms with van der Waals surface area (Å²) in [5, 5.41) is 23.3. The number of terminal acetylenes is 1. The van der Waals surface area contributed by atoms with E-state index in [1.807, 2.05) is 60.4 Å². The molecule has 1 amide bonds. The molecule has 36 heavy (non-hydrogen) atoms. The van der Waals surface area contributed by atoms with Gasteiger partial charge in [-0.1, -0.05) is 30.2 Å². The Labute approximate surface area is 214 Å². The standard InChI is InChI=1S/C27H27N3O5S/c1-4-15-29(18(2)16-26(32)33)24-13-14-25(23-8-6-5-7-22(23)24)30(17-27(34)35)36-21-11-9-20(10-12-21)28-19(3)31/h1,5-14,18H,15-17H2,2-3H3,(H,28,31)(H,32,33)(H,34,35). The Balaban J connectivity index is 2.04. The summed E-state index contributed by atoms with van der Waals surface area (Å²) in [5.41, 5.74) is 2.12. The van der Waals surface area contributed by atoms with E-state index in [4.69, 9.17) is 6.42 Å². The number of nitrogens with zero attached hydrogens (tertiary/aromatic N) is 2. The number of rotatable bonds is 11. The second-order valence-electron chi connectivity index (χ2n) is 8.16. The summed E-state index contributed by atoms with van der Waals surface area (Å²) in [7, 11) is 0. The van der Waals surface area contributed by atoms with Crippen LogP contribution in [0.25, 0.3) is 10.8 Å². The van der Waals surface area contributed by atoms with E-state index in [0.717, 1.165) is 21.4 Å². The molecule has 0 spiro atoms. The Morgan fingerprint density at radius 3 is 2.14 bits per heavy atom. The number of amides is 1. The van der Waals surface area contributed by atoms with Gasteiger partial charge in [-0.3, -0.25) is 14.4 Å². The molecule has 9 heteroatoms. The summed E-state index contributed by atoms with van der Waals surface area (Å²) in [6.07, 6.45) is 5.52. The molecule has 0 bridgehead atoms. The third kappa shape index (κ3) is 6.71. The molecular weight excluding hydrogens is 478 g/mol. The van der Waals surface area contributed by atoms with Crippen LogP contribution in [0.5, 0.6) is 0 Å². The number of hydrogen-bond donors (Lipinski definition) is 3. The minimum Gasteiger partial charge on any atom is -0.481 e. The SMILES string of the molecule is C#CCN(c1ccc(N(CC(=O)O)Sc2ccc(NC(C)=O)cc2)c2ccccc12)C(C)CC(=O)O. The molecule has 3 N–H and O–H groups in total. The van der Waals surface area contributed by atoms with Crippen molar-refractivity contribution in [1.82, 2.24) is 0 Å². The number of aliphatic carboxylic acids is 2. The average Bonchev–Trinajstić information content (AvgIpc) is 2.82.